The molecule has 0 saturated carbocycles. The first-order valence-electron chi connectivity index (χ1n) is 11.2. The second-order valence-electron chi connectivity index (χ2n) is 8.04. The number of methoxy groups -OCH3 is 3. The molecule has 4 heterocycles. The predicted octanol–water partition coefficient (Wildman–Crippen LogP) is 3.72. The van der Waals surface area contributed by atoms with Crippen LogP contribution < -0.4 is 14.2 Å². The quantitative estimate of drug-likeness (QED) is 0.390. The molecule has 1 saturated heterocycles. The zero-order valence-electron chi connectivity index (χ0n) is 19.6. The van der Waals surface area contributed by atoms with E-state index in [-0.39, 0.29) is 0 Å². The summed E-state index contributed by atoms with van der Waals surface area (Å²) in [6.07, 6.45) is 5.71. The van der Waals surface area contributed by atoms with Crippen LogP contribution in [0.25, 0.3) is 33.6 Å². The molecule has 178 valence electrons. The first-order chi connectivity index (χ1) is 16.7. The van der Waals surface area contributed by atoms with E-state index in [1.54, 1.807) is 27.5 Å². The topological polar surface area (TPSA) is 84.0 Å². The van der Waals surface area contributed by atoms with Gasteiger partial charge in [-0.3, -0.25) is 14.6 Å². The van der Waals surface area contributed by atoms with Crippen molar-refractivity contribution in [2.24, 2.45) is 0 Å². The van der Waals surface area contributed by atoms with Gasteiger partial charge in [-0.25, -0.2) is 0 Å². The molecule has 9 heteroatoms. The third-order valence-electron chi connectivity index (χ3n) is 6.05. The molecule has 1 aromatic carbocycles. The number of furan rings is 1. The van der Waals surface area contributed by atoms with Crippen molar-refractivity contribution < 1.29 is 23.4 Å². The Labute approximate surface area is 197 Å². The van der Waals surface area contributed by atoms with Crippen molar-refractivity contribution in [2.75, 3.05) is 54.2 Å². The van der Waals surface area contributed by atoms with Crippen molar-refractivity contribution in [3.05, 3.63) is 42.9 Å². The lowest BCUT2D eigenvalue weighted by molar-refractivity contribution is 0.0360. The molecule has 0 amide bonds. The molecule has 1 aliphatic rings. The minimum absolute atomic E-state index is 0.535. The fourth-order valence-electron chi connectivity index (χ4n) is 4.22. The van der Waals surface area contributed by atoms with E-state index < -0.39 is 0 Å². The molecule has 9 nitrogen and oxygen atoms in total. The molecule has 0 bridgehead atoms. The summed E-state index contributed by atoms with van der Waals surface area (Å²) in [6.45, 7) is 5.30. The van der Waals surface area contributed by atoms with Crippen molar-refractivity contribution in [3.63, 3.8) is 0 Å². The average Bonchev–Trinajstić information content (AvgIpc) is 3.54. The number of nitrogens with zero attached hydrogens (tertiary/aromatic N) is 4. The van der Waals surface area contributed by atoms with E-state index >= 15 is 0 Å². The third-order valence-corrected chi connectivity index (χ3v) is 6.05. The molecule has 4 aromatic rings. The lowest BCUT2D eigenvalue weighted by Crippen LogP contribution is -2.38. The summed E-state index contributed by atoms with van der Waals surface area (Å²) in [5.41, 5.74) is 4.21. The van der Waals surface area contributed by atoms with E-state index in [1.165, 1.54) is 0 Å². The van der Waals surface area contributed by atoms with Gasteiger partial charge in [0, 0.05) is 54.8 Å². The molecule has 1 fully saturated rings. The maximum Gasteiger partial charge on any atom is 0.203 e. The molecule has 0 unspecified atom stereocenters. The normalized spacial score (nSPS) is 14.4. The van der Waals surface area contributed by atoms with Crippen LogP contribution in [0.4, 0.5) is 0 Å². The number of ether oxygens (including phenoxy) is 4. The molecule has 34 heavy (non-hydrogen) atoms. The van der Waals surface area contributed by atoms with Crippen LogP contribution in [-0.4, -0.2) is 73.8 Å². The van der Waals surface area contributed by atoms with Crippen LogP contribution in [0.3, 0.4) is 0 Å². The van der Waals surface area contributed by atoms with Crippen LogP contribution in [0.1, 0.15) is 0 Å². The van der Waals surface area contributed by atoms with E-state index in [0.717, 1.165) is 61.6 Å². The summed E-state index contributed by atoms with van der Waals surface area (Å²) < 4.78 is 30.1. The second kappa shape index (κ2) is 9.74. The summed E-state index contributed by atoms with van der Waals surface area (Å²) in [7, 11) is 4.77. The molecule has 1 aliphatic heterocycles. The standard InChI is InChI=1S/C25H28N4O5/c1-30-22-12-17(13-23(31-2)25(22)32-3)21-14-20-24(34-21)19(4-5-26-20)18-15-27-29(16-18)7-6-28-8-10-33-11-9-28/h4-5,12-16H,6-11H2,1-3H3. The highest BCUT2D eigenvalue weighted by Gasteiger charge is 2.18. The lowest BCUT2D eigenvalue weighted by atomic mass is 10.1. The van der Waals surface area contributed by atoms with Gasteiger partial charge in [0.15, 0.2) is 17.1 Å². The van der Waals surface area contributed by atoms with E-state index in [0.29, 0.717) is 28.6 Å². The molecule has 0 N–H and O–H groups in total. The van der Waals surface area contributed by atoms with Crippen LogP contribution >= 0.6 is 0 Å². The van der Waals surface area contributed by atoms with Gasteiger partial charge in [0.2, 0.25) is 5.75 Å². The third kappa shape index (κ3) is 4.32. The summed E-state index contributed by atoms with van der Waals surface area (Å²) >= 11 is 0. The van der Waals surface area contributed by atoms with E-state index in [9.17, 15) is 0 Å². The zero-order valence-corrected chi connectivity index (χ0v) is 19.6. The van der Waals surface area contributed by atoms with Gasteiger partial charge in [-0.2, -0.15) is 5.10 Å². The number of fused-ring (bicyclic) bond motifs is 1. The first kappa shape index (κ1) is 22.2. The van der Waals surface area contributed by atoms with Crippen molar-refractivity contribution in [1.29, 1.82) is 0 Å². The van der Waals surface area contributed by atoms with Gasteiger partial charge in [0.1, 0.15) is 11.3 Å². The van der Waals surface area contributed by atoms with Gasteiger partial charge in [-0.05, 0) is 18.2 Å². The first-order valence-corrected chi connectivity index (χ1v) is 11.2. The van der Waals surface area contributed by atoms with Crippen molar-refractivity contribution in [2.45, 2.75) is 6.54 Å². The van der Waals surface area contributed by atoms with Gasteiger partial charge >= 0.3 is 0 Å². The minimum Gasteiger partial charge on any atom is -0.493 e. The maximum absolute atomic E-state index is 6.30. The molecule has 5 rings (SSSR count). The van der Waals surface area contributed by atoms with Gasteiger partial charge in [-0.15, -0.1) is 0 Å². The summed E-state index contributed by atoms with van der Waals surface area (Å²) in [4.78, 5) is 6.90. The van der Waals surface area contributed by atoms with Crippen LogP contribution in [0.15, 0.2) is 47.3 Å². The van der Waals surface area contributed by atoms with Gasteiger partial charge in [0.25, 0.3) is 0 Å². The Kier molecular flexibility index (Phi) is 6.37. The smallest absolute Gasteiger partial charge is 0.203 e. The van der Waals surface area contributed by atoms with Crippen LogP contribution in [0.5, 0.6) is 17.2 Å². The van der Waals surface area contributed by atoms with E-state index in [1.807, 2.05) is 35.1 Å². The zero-order chi connectivity index (χ0) is 23.5. The van der Waals surface area contributed by atoms with Crippen LogP contribution in [-0.2, 0) is 11.3 Å². The summed E-state index contributed by atoms with van der Waals surface area (Å²) in [5, 5.41) is 4.56. The number of pyridine rings is 1. The van der Waals surface area contributed by atoms with Gasteiger partial charge in [0.05, 0.1) is 47.3 Å². The van der Waals surface area contributed by atoms with E-state index in [4.69, 9.17) is 23.4 Å². The molecular weight excluding hydrogens is 436 g/mol. The highest BCUT2D eigenvalue weighted by atomic mass is 16.5. The highest BCUT2D eigenvalue weighted by Crippen LogP contribution is 2.42. The fourth-order valence-corrected chi connectivity index (χ4v) is 4.22. The molecule has 0 aliphatic carbocycles. The molecule has 0 spiro atoms. The Morgan fingerprint density at radius 3 is 2.41 bits per heavy atom. The van der Waals surface area contributed by atoms with Crippen molar-refractivity contribution >= 4 is 11.1 Å². The van der Waals surface area contributed by atoms with Crippen molar-refractivity contribution in [1.82, 2.24) is 19.7 Å². The fraction of sp³-hybridized carbons (Fsp3) is 0.360. The Bertz CT molecular complexity index is 1250. The number of morpholine rings is 1. The van der Waals surface area contributed by atoms with Crippen LogP contribution in [0.2, 0.25) is 0 Å². The Hall–Kier alpha value is -3.56. The molecular formula is C25H28N4O5. The SMILES string of the molecule is COc1cc(-c2cc3nccc(-c4cnn(CCN5CCOCC5)c4)c3o2)cc(OC)c1OC. The number of rotatable bonds is 8. The molecule has 3 aromatic heterocycles. The number of aromatic nitrogens is 3. The average molecular weight is 465 g/mol. The Morgan fingerprint density at radius 1 is 0.941 bits per heavy atom. The Balaban J connectivity index is 1.44. The summed E-state index contributed by atoms with van der Waals surface area (Å²) in [6, 6.07) is 7.60. The number of hydrogen-bond donors (Lipinski definition) is 0. The molecule has 0 atom stereocenters. The number of benzene rings is 1. The molecule has 0 radical (unpaired) electrons. The van der Waals surface area contributed by atoms with Gasteiger partial charge < -0.3 is 23.4 Å². The van der Waals surface area contributed by atoms with Crippen LogP contribution in [0, 0.1) is 0 Å². The second-order valence-corrected chi connectivity index (χ2v) is 8.04. The Morgan fingerprint density at radius 2 is 1.71 bits per heavy atom. The number of hydrogen-bond acceptors (Lipinski definition) is 8. The maximum atomic E-state index is 6.30. The predicted molar refractivity (Wildman–Crippen MR) is 128 cm³/mol. The van der Waals surface area contributed by atoms with E-state index in [2.05, 4.69) is 21.2 Å². The monoisotopic (exact) mass is 464 g/mol. The minimum atomic E-state index is 0.535. The van der Waals surface area contributed by atoms with Gasteiger partial charge in [-0.1, -0.05) is 0 Å². The van der Waals surface area contributed by atoms with Crippen molar-refractivity contribution in [3.8, 4) is 39.7 Å². The highest BCUT2D eigenvalue weighted by molar-refractivity contribution is 5.92. The summed E-state index contributed by atoms with van der Waals surface area (Å²) in [5.74, 6) is 2.32. The lowest BCUT2D eigenvalue weighted by Gasteiger charge is -2.26. The largest absolute Gasteiger partial charge is 0.493 e.